The molecule has 6 heteroatoms. The number of nitrogens with zero attached hydrogens (tertiary/aromatic N) is 6. The molecular formula is C12H14N6. The van der Waals surface area contributed by atoms with Gasteiger partial charge in [-0.3, -0.25) is 30.0 Å². The van der Waals surface area contributed by atoms with E-state index in [4.69, 9.17) is 0 Å². The van der Waals surface area contributed by atoms with E-state index >= 15 is 0 Å². The highest BCUT2D eigenvalue weighted by Gasteiger charge is 2.30. The first-order valence-corrected chi connectivity index (χ1v) is 5.00. The Morgan fingerprint density at radius 1 is 0.556 bits per heavy atom. The summed E-state index contributed by atoms with van der Waals surface area (Å²) in [4.78, 5) is 23.9. The van der Waals surface area contributed by atoms with Crippen LogP contribution in [0.3, 0.4) is 0 Å². The minimum absolute atomic E-state index is 0.426. The summed E-state index contributed by atoms with van der Waals surface area (Å²) in [5, 5.41) is 0. The van der Waals surface area contributed by atoms with Crippen LogP contribution in [0.4, 0.5) is 0 Å². The molecule has 1 aliphatic carbocycles. The van der Waals surface area contributed by atoms with Crippen LogP contribution in [0.1, 0.15) is 0 Å². The molecule has 0 saturated heterocycles. The summed E-state index contributed by atoms with van der Waals surface area (Å²) < 4.78 is 0. The zero-order valence-electron chi connectivity index (χ0n) is 10.5. The lowest BCUT2D eigenvalue weighted by Gasteiger charge is -2.19. The van der Waals surface area contributed by atoms with Crippen LogP contribution in [0.5, 0.6) is 0 Å². The van der Waals surface area contributed by atoms with Crippen molar-refractivity contribution in [3.63, 3.8) is 0 Å². The molecule has 92 valence electrons. The van der Waals surface area contributed by atoms with Crippen molar-refractivity contribution in [1.82, 2.24) is 0 Å². The lowest BCUT2D eigenvalue weighted by atomic mass is 9.98. The van der Waals surface area contributed by atoms with Gasteiger partial charge in [0.05, 0.1) is 0 Å². The smallest absolute Gasteiger partial charge is 0.118 e. The predicted octanol–water partition coefficient (Wildman–Crippen LogP) is 1.37. The number of allylic oxidation sites excluding steroid dienone is 2. The van der Waals surface area contributed by atoms with Crippen LogP contribution in [0, 0.1) is 0 Å². The molecular weight excluding hydrogens is 228 g/mol. The third-order valence-electron chi connectivity index (χ3n) is 2.43. The van der Waals surface area contributed by atoms with Gasteiger partial charge in [-0.05, 0) is 26.9 Å². The minimum Gasteiger partial charge on any atom is -0.284 e. The Kier molecular flexibility index (Phi) is 4.31. The molecule has 0 aromatic carbocycles. The van der Waals surface area contributed by atoms with Gasteiger partial charge in [0.15, 0.2) is 0 Å². The third-order valence-corrected chi connectivity index (χ3v) is 2.43. The molecule has 0 atom stereocenters. The molecule has 0 bridgehead atoms. The van der Waals surface area contributed by atoms with Crippen LogP contribution < -0.4 is 0 Å². The number of hydrogen-bond acceptors (Lipinski definition) is 6. The van der Waals surface area contributed by atoms with Crippen LogP contribution in [0.15, 0.2) is 52.7 Å². The fourth-order valence-electron chi connectivity index (χ4n) is 1.70. The van der Waals surface area contributed by atoms with Gasteiger partial charge < -0.3 is 0 Å². The summed E-state index contributed by atoms with van der Waals surface area (Å²) >= 11 is 0. The molecule has 6 nitrogen and oxygen atoms in total. The van der Waals surface area contributed by atoms with E-state index in [-0.39, 0.29) is 0 Å². The van der Waals surface area contributed by atoms with E-state index in [1.54, 1.807) is 14.1 Å². The molecule has 1 rings (SSSR count). The van der Waals surface area contributed by atoms with Crippen LogP contribution >= 0.6 is 0 Å². The quantitative estimate of drug-likeness (QED) is 0.527. The van der Waals surface area contributed by atoms with E-state index in [9.17, 15) is 0 Å². The van der Waals surface area contributed by atoms with Crippen molar-refractivity contribution in [2.75, 3.05) is 14.1 Å². The van der Waals surface area contributed by atoms with Gasteiger partial charge in [0.25, 0.3) is 0 Å². The molecule has 18 heavy (non-hydrogen) atoms. The standard InChI is InChI=1S/C12H14N6/c1-13-7-8(14-2)10(16-4)12(18-6)11(17-5)9(7)15-3/h1-4H2,5-6H3/b17-11-,18-12-. The maximum atomic E-state index is 4.14. The third kappa shape index (κ3) is 1.88. The van der Waals surface area contributed by atoms with Gasteiger partial charge in [-0.1, -0.05) is 0 Å². The Labute approximate surface area is 106 Å². The summed E-state index contributed by atoms with van der Waals surface area (Å²) in [5.74, 6) is 0. The highest BCUT2D eigenvalue weighted by molar-refractivity contribution is 6.54. The monoisotopic (exact) mass is 242 g/mol. The van der Waals surface area contributed by atoms with Crippen molar-refractivity contribution in [2.24, 2.45) is 30.0 Å². The molecule has 0 aromatic rings. The topological polar surface area (TPSA) is 74.2 Å². The molecule has 0 aliphatic heterocycles. The van der Waals surface area contributed by atoms with Gasteiger partial charge in [0.1, 0.15) is 34.2 Å². The van der Waals surface area contributed by atoms with Gasteiger partial charge in [-0.2, -0.15) is 0 Å². The Bertz CT molecular complexity index is 495. The number of aliphatic imine (C=N–C) groups is 6. The van der Waals surface area contributed by atoms with Crippen molar-refractivity contribution in [2.45, 2.75) is 0 Å². The summed E-state index contributed by atoms with van der Waals surface area (Å²) in [6.45, 7) is 14.0. The first kappa shape index (κ1) is 13.6. The van der Waals surface area contributed by atoms with Crippen molar-refractivity contribution in [3.8, 4) is 0 Å². The fourth-order valence-corrected chi connectivity index (χ4v) is 1.70. The van der Waals surface area contributed by atoms with Crippen LogP contribution in [-0.4, -0.2) is 52.4 Å². The average molecular weight is 242 g/mol. The molecule has 0 aromatic heterocycles. The second-order valence-electron chi connectivity index (χ2n) is 3.17. The molecule has 0 N–H and O–H groups in total. The Morgan fingerprint density at radius 2 is 0.833 bits per heavy atom. The largest absolute Gasteiger partial charge is 0.284 e. The predicted molar refractivity (Wildman–Crippen MR) is 79.0 cm³/mol. The van der Waals surface area contributed by atoms with Gasteiger partial charge in [-0.25, -0.2) is 0 Å². The van der Waals surface area contributed by atoms with Crippen molar-refractivity contribution in [3.05, 3.63) is 22.8 Å². The van der Waals surface area contributed by atoms with Crippen molar-refractivity contribution in [1.29, 1.82) is 0 Å². The summed E-state index contributed by atoms with van der Waals surface area (Å²) in [7, 11) is 3.25. The average Bonchev–Trinajstić information content (AvgIpc) is 2.43. The Hall–Kier alpha value is -2.50. The van der Waals surface area contributed by atoms with E-state index in [1.165, 1.54) is 0 Å². The fraction of sp³-hybridized carbons (Fsp3) is 0.167. The second kappa shape index (κ2) is 5.72. The maximum Gasteiger partial charge on any atom is 0.118 e. The normalized spacial score (nSPS) is 20.3. The SMILES string of the molecule is C=NC1=C(N=C)C(=N/C)/C(=N\C)C(N=C)=C1N=C. The van der Waals surface area contributed by atoms with Gasteiger partial charge in [0, 0.05) is 14.1 Å². The highest BCUT2D eigenvalue weighted by atomic mass is 15.0. The molecule has 0 saturated carbocycles. The minimum atomic E-state index is 0.426. The van der Waals surface area contributed by atoms with Gasteiger partial charge in [-0.15, -0.1) is 0 Å². The Morgan fingerprint density at radius 3 is 1.00 bits per heavy atom. The zero-order chi connectivity index (χ0) is 13.7. The highest BCUT2D eigenvalue weighted by Crippen LogP contribution is 2.30. The van der Waals surface area contributed by atoms with Gasteiger partial charge >= 0.3 is 0 Å². The zero-order valence-corrected chi connectivity index (χ0v) is 10.5. The number of rotatable bonds is 4. The summed E-state index contributed by atoms with van der Waals surface area (Å²) in [6.07, 6.45) is 0. The van der Waals surface area contributed by atoms with Crippen LogP contribution in [0.25, 0.3) is 0 Å². The first-order valence-electron chi connectivity index (χ1n) is 5.00. The van der Waals surface area contributed by atoms with Crippen LogP contribution in [-0.2, 0) is 0 Å². The van der Waals surface area contributed by atoms with E-state index in [0.29, 0.717) is 34.2 Å². The summed E-state index contributed by atoms with van der Waals surface area (Å²) in [5.41, 5.74) is 2.84. The van der Waals surface area contributed by atoms with Gasteiger partial charge in [0.2, 0.25) is 0 Å². The molecule has 1 aliphatic rings. The Balaban J connectivity index is 3.83. The second-order valence-corrected chi connectivity index (χ2v) is 3.17. The summed E-state index contributed by atoms with van der Waals surface area (Å²) in [6, 6.07) is 0. The molecule has 0 fully saturated rings. The molecule has 0 amide bonds. The lowest BCUT2D eigenvalue weighted by molar-refractivity contribution is 1.15. The van der Waals surface area contributed by atoms with Crippen LogP contribution in [0.2, 0.25) is 0 Å². The van der Waals surface area contributed by atoms with Crippen molar-refractivity contribution >= 4 is 38.3 Å². The first-order chi connectivity index (χ1) is 8.69. The van der Waals surface area contributed by atoms with E-state index in [1.807, 2.05) is 0 Å². The molecule has 0 unspecified atom stereocenters. The molecule has 0 radical (unpaired) electrons. The lowest BCUT2D eigenvalue weighted by Crippen LogP contribution is -2.24. The number of hydrogen-bond donors (Lipinski definition) is 0. The van der Waals surface area contributed by atoms with E-state index in [2.05, 4.69) is 56.8 Å². The molecule has 0 spiro atoms. The molecule has 0 heterocycles. The van der Waals surface area contributed by atoms with Crippen molar-refractivity contribution < 1.29 is 0 Å². The maximum absolute atomic E-state index is 4.14. The van der Waals surface area contributed by atoms with E-state index in [0.717, 1.165) is 0 Å². The van der Waals surface area contributed by atoms with E-state index < -0.39 is 0 Å².